The van der Waals surface area contributed by atoms with Crippen LogP contribution < -0.4 is 10.5 Å². The summed E-state index contributed by atoms with van der Waals surface area (Å²) < 4.78 is 22.7. The number of rotatable bonds is 4. The van der Waals surface area contributed by atoms with Crippen LogP contribution in [0.15, 0.2) is 4.90 Å². The number of nitrogens with two attached hydrogens (primary N) is 1. The number of aromatic nitrogens is 2. The van der Waals surface area contributed by atoms with Crippen molar-refractivity contribution in [3.8, 4) is 0 Å². The Morgan fingerprint density at radius 3 is 2.76 bits per heavy atom. The largest absolute Gasteiger partial charge is 0.350 e. The van der Waals surface area contributed by atoms with E-state index in [4.69, 9.17) is 5.14 Å². The number of hydrogen-bond acceptors (Lipinski definition) is 4. The fourth-order valence-electron chi connectivity index (χ4n) is 1.56. The highest BCUT2D eigenvalue weighted by Crippen LogP contribution is 2.27. The molecular formula is C9H14N4O3S. The van der Waals surface area contributed by atoms with E-state index in [1.54, 1.807) is 0 Å². The number of sulfonamides is 1. The summed E-state index contributed by atoms with van der Waals surface area (Å²) in [7, 11) is -3.94. The van der Waals surface area contributed by atoms with E-state index in [9.17, 15) is 13.2 Å². The minimum Gasteiger partial charge on any atom is -0.350 e. The van der Waals surface area contributed by atoms with Gasteiger partial charge in [0.05, 0.1) is 5.69 Å². The maximum Gasteiger partial charge on any atom is 0.273 e. The van der Waals surface area contributed by atoms with Gasteiger partial charge in [0.2, 0.25) is 10.0 Å². The number of carbonyl (C=O) groups is 1. The molecule has 0 spiro atoms. The summed E-state index contributed by atoms with van der Waals surface area (Å²) in [6, 6.07) is 0. The van der Waals surface area contributed by atoms with Gasteiger partial charge in [0.15, 0.2) is 5.69 Å². The molecule has 1 aromatic heterocycles. The van der Waals surface area contributed by atoms with E-state index in [-0.39, 0.29) is 16.3 Å². The van der Waals surface area contributed by atoms with Crippen molar-refractivity contribution in [3.63, 3.8) is 0 Å². The summed E-state index contributed by atoms with van der Waals surface area (Å²) in [4.78, 5) is 11.5. The minimum absolute atomic E-state index is 0.161. The van der Waals surface area contributed by atoms with Crippen molar-refractivity contribution < 1.29 is 13.2 Å². The van der Waals surface area contributed by atoms with Crippen LogP contribution in [0.25, 0.3) is 0 Å². The molecule has 0 saturated heterocycles. The zero-order chi connectivity index (χ0) is 12.6. The van der Waals surface area contributed by atoms with Crippen LogP contribution >= 0.6 is 0 Å². The van der Waals surface area contributed by atoms with Crippen molar-refractivity contribution in [2.75, 3.05) is 6.54 Å². The topological polar surface area (TPSA) is 118 Å². The first-order valence-electron chi connectivity index (χ1n) is 5.25. The quantitative estimate of drug-likeness (QED) is 0.675. The van der Waals surface area contributed by atoms with Crippen molar-refractivity contribution in [2.45, 2.75) is 24.7 Å². The van der Waals surface area contributed by atoms with E-state index in [0.29, 0.717) is 12.5 Å². The van der Waals surface area contributed by atoms with Gasteiger partial charge in [0, 0.05) is 6.54 Å². The van der Waals surface area contributed by atoms with Gasteiger partial charge in [-0.2, -0.15) is 5.10 Å². The lowest BCUT2D eigenvalue weighted by Crippen LogP contribution is -2.28. The van der Waals surface area contributed by atoms with Crippen LogP contribution in [-0.4, -0.2) is 31.1 Å². The molecule has 1 heterocycles. The number of aromatic amines is 1. The Balaban J connectivity index is 2.22. The summed E-state index contributed by atoms with van der Waals surface area (Å²) in [6.45, 7) is 2.05. The Hall–Kier alpha value is -1.41. The number of carbonyl (C=O) groups excluding carboxylic acids is 1. The molecule has 1 aliphatic carbocycles. The smallest absolute Gasteiger partial charge is 0.273 e. The Kier molecular flexibility index (Phi) is 2.92. The van der Waals surface area contributed by atoms with Crippen molar-refractivity contribution in [1.82, 2.24) is 15.5 Å². The first-order valence-corrected chi connectivity index (χ1v) is 6.80. The van der Waals surface area contributed by atoms with E-state index in [0.717, 1.165) is 12.8 Å². The molecule has 0 aliphatic heterocycles. The minimum atomic E-state index is -3.94. The zero-order valence-corrected chi connectivity index (χ0v) is 10.2. The number of nitrogens with one attached hydrogen (secondary N) is 2. The summed E-state index contributed by atoms with van der Waals surface area (Å²) in [5.74, 6) is 0.00203. The molecule has 94 valence electrons. The summed E-state index contributed by atoms with van der Waals surface area (Å²) in [5.41, 5.74) is 0.106. The predicted molar refractivity (Wildman–Crippen MR) is 59.8 cm³/mol. The van der Waals surface area contributed by atoms with Crippen molar-refractivity contribution in [1.29, 1.82) is 0 Å². The highest BCUT2D eigenvalue weighted by Gasteiger charge is 2.27. The summed E-state index contributed by atoms with van der Waals surface area (Å²) in [5, 5.41) is 13.8. The second-order valence-corrected chi connectivity index (χ2v) is 5.72. The van der Waals surface area contributed by atoms with Crippen molar-refractivity contribution in [2.24, 2.45) is 11.1 Å². The highest BCUT2D eigenvalue weighted by molar-refractivity contribution is 7.89. The molecular weight excluding hydrogens is 244 g/mol. The third-order valence-corrected chi connectivity index (χ3v) is 3.71. The molecule has 1 amide bonds. The van der Waals surface area contributed by atoms with Crippen molar-refractivity contribution >= 4 is 15.9 Å². The standard InChI is InChI=1S/C9H14N4O3S/c1-5-8(17(10,15)16)7(13-12-5)9(14)11-4-6-2-3-6/h6H,2-4H2,1H3,(H,11,14)(H,12,13)(H2,10,15,16). The van der Waals surface area contributed by atoms with Gasteiger partial charge in [0.1, 0.15) is 4.90 Å². The Morgan fingerprint density at radius 1 is 1.59 bits per heavy atom. The number of amides is 1. The van der Waals surface area contributed by atoms with E-state index in [1.165, 1.54) is 6.92 Å². The van der Waals surface area contributed by atoms with Crippen LogP contribution in [0.2, 0.25) is 0 Å². The molecule has 0 atom stereocenters. The first-order chi connectivity index (χ1) is 7.89. The lowest BCUT2D eigenvalue weighted by atomic mass is 10.3. The van der Waals surface area contributed by atoms with Gasteiger partial charge in [0.25, 0.3) is 5.91 Å². The van der Waals surface area contributed by atoms with Gasteiger partial charge in [-0.3, -0.25) is 9.89 Å². The SMILES string of the molecule is Cc1[nH]nc(C(=O)NCC2CC2)c1S(N)(=O)=O. The normalized spacial score (nSPS) is 15.9. The van der Waals surface area contributed by atoms with E-state index >= 15 is 0 Å². The second-order valence-electron chi connectivity index (χ2n) is 4.22. The fraction of sp³-hybridized carbons (Fsp3) is 0.556. The molecule has 4 N–H and O–H groups in total. The maximum absolute atomic E-state index is 11.7. The molecule has 8 heteroatoms. The molecule has 0 aromatic carbocycles. The van der Waals surface area contributed by atoms with E-state index in [1.807, 2.05) is 0 Å². The van der Waals surface area contributed by atoms with Crippen molar-refractivity contribution in [3.05, 3.63) is 11.4 Å². The van der Waals surface area contributed by atoms with E-state index < -0.39 is 15.9 Å². The van der Waals surface area contributed by atoms with Crippen LogP contribution in [0.3, 0.4) is 0 Å². The molecule has 1 saturated carbocycles. The lowest BCUT2D eigenvalue weighted by Gasteiger charge is -2.03. The molecule has 0 bridgehead atoms. The average Bonchev–Trinajstić information content (AvgIpc) is 2.95. The Morgan fingerprint density at radius 2 is 2.24 bits per heavy atom. The summed E-state index contributed by atoms with van der Waals surface area (Å²) in [6.07, 6.45) is 2.20. The number of H-pyrrole nitrogens is 1. The Bertz CT molecular complexity index is 545. The number of aryl methyl sites for hydroxylation is 1. The third kappa shape index (κ3) is 2.64. The number of hydrogen-bond donors (Lipinski definition) is 3. The lowest BCUT2D eigenvalue weighted by molar-refractivity contribution is 0.0943. The molecule has 2 rings (SSSR count). The molecule has 0 radical (unpaired) electrons. The molecule has 17 heavy (non-hydrogen) atoms. The molecule has 0 unspecified atom stereocenters. The molecule has 7 nitrogen and oxygen atoms in total. The number of nitrogens with zero attached hydrogens (tertiary/aromatic N) is 1. The van der Waals surface area contributed by atoms with Gasteiger partial charge in [-0.05, 0) is 25.7 Å². The predicted octanol–water partition coefficient (Wildman–Crippen LogP) is -0.495. The van der Waals surface area contributed by atoms with Gasteiger partial charge in [-0.15, -0.1) is 0 Å². The molecule has 1 aromatic rings. The maximum atomic E-state index is 11.7. The molecule has 1 aliphatic rings. The second kappa shape index (κ2) is 4.11. The monoisotopic (exact) mass is 258 g/mol. The average molecular weight is 258 g/mol. The zero-order valence-electron chi connectivity index (χ0n) is 9.36. The van der Waals surface area contributed by atoms with Crippen LogP contribution in [0.1, 0.15) is 29.0 Å². The highest BCUT2D eigenvalue weighted by atomic mass is 32.2. The number of primary sulfonamides is 1. The Labute approximate surface area is 98.8 Å². The van der Waals surface area contributed by atoms with Crippen LogP contribution in [0, 0.1) is 12.8 Å². The van der Waals surface area contributed by atoms with Gasteiger partial charge >= 0.3 is 0 Å². The van der Waals surface area contributed by atoms with Gasteiger partial charge in [-0.25, -0.2) is 13.6 Å². The summed E-state index contributed by atoms with van der Waals surface area (Å²) >= 11 is 0. The van der Waals surface area contributed by atoms with Gasteiger partial charge in [-0.1, -0.05) is 0 Å². The van der Waals surface area contributed by atoms with Gasteiger partial charge < -0.3 is 5.32 Å². The van der Waals surface area contributed by atoms with Crippen LogP contribution in [-0.2, 0) is 10.0 Å². The third-order valence-electron chi connectivity index (χ3n) is 2.64. The van der Waals surface area contributed by atoms with Crippen LogP contribution in [0.5, 0.6) is 0 Å². The van der Waals surface area contributed by atoms with E-state index in [2.05, 4.69) is 15.5 Å². The molecule has 1 fully saturated rings. The first kappa shape index (κ1) is 12.1. The van der Waals surface area contributed by atoms with Crippen LogP contribution in [0.4, 0.5) is 0 Å². The fourth-order valence-corrected chi connectivity index (χ4v) is 2.44.